The molecule has 1 fully saturated rings. The first-order valence-corrected chi connectivity index (χ1v) is 7.14. The Morgan fingerprint density at radius 3 is 2.87 bits per heavy atom. The molecule has 1 amide bonds. The zero-order valence-electron chi connectivity index (χ0n) is 8.06. The molecule has 0 aromatic rings. The van der Waals surface area contributed by atoms with E-state index >= 15 is 0 Å². The fourth-order valence-corrected chi connectivity index (χ4v) is 5.17. The van der Waals surface area contributed by atoms with E-state index in [1.807, 2.05) is 0 Å². The first kappa shape index (κ1) is 10.7. The number of hydrogen-bond acceptors (Lipinski definition) is 6. The van der Waals surface area contributed by atoms with Gasteiger partial charge in [0, 0.05) is 12.2 Å². The Bertz CT molecular complexity index is 417. The molecule has 2 heterocycles. The van der Waals surface area contributed by atoms with Crippen LogP contribution >= 0.6 is 11.8 Å². The monoisotopic (exact) mass is 249 g/mol. The average Bonchev–Trinajstić information content (AvgIpc) is 2.53. The Balaban J connectivity index is 1.96. The number of hydrazine groups is 1. The van der Waals surface area contributed by atoms with Crippen LogP contribution in [0.2, 0.25) is 0 Å². The molecule has 2 aliphatic heterocycles. The van der Waals surface area contributed by atoms with E-state index in [1.54, 1.807) is 0 Å². The fraction of sp³-hybridized carbons (Fsp3) is 0.714. The normalized spacial score (nSPS) is 31.9. The van der Waals surface area contributed by atoms with Crippen LogP contribution in [0, 0.1) is 0 Å². The first-order chi connectivity index (χ1) is 6.96. The fourth-order valence-electron chi connectivity index (χ4n) is 1.56. The van der Waals surface area contributed by atoms with Gasteiger partial charge in [0.25, 0.3) is 0 Å². The quantitative estimate of drug-likeness (QED) is 0.532. The molecule has 0 bridgehead atoms. The van der Waals surface area contributed by atoms with Crippen molar-refractivity contribution in [3.8, 4) is 0 Å². The molecule has 0 aliphatic carbocycles. The van der Waals surface area contributed by atoms with Crippen molar-refractivity contribution in [1.82, 2.24) is 10.9 Å². The molecular weight excluding hydrogens is 238 g/mol. The first-order valence-electron chi connectivity index (χ1n) is 4.44. The minimum atomic E-state index is -2.90. The van der Waals surface area contributed by atoms with Crippen molar-refractivity contribution in [1.29, 1.82) is 0 Å². The zero-order valence-corrected chi connectivity index (χ0v) is 9.69. The van der Waals surface area contributed by atoms with Crippen molar-refractivity contribution in [3.63, 3.8) is 0 Å². The van der Waals surface area contributed by atoms with Crippen molar-refractivity contribution >= 4 is 32.7 Å². The molecule has 0 aromatic heterocycles. The largest absolute Gasteiger partial charge is 0.277 e. The van der Waals surface area contributed by atoms with Crippen LogP contribution in [-0.4, -0.2) is 42.3 Å². The number of nitrogens with zero attached hydrogens (tertiary/aromatic N) is 1. The highest BCUT2D eigenvalue weighted by molar-refractivity contribution is 8.15. The summed E-state index contributed by atoms with van der Waals surface area (Å²) < 4.78 is 22.5. The van der Waals surface area contributed by atoms with Crippen molar-refractivity contribution in [2.24, 2.45) is 4.99 Å². The Morgan fingerprint density at radius 2 is 2.27 bits per heavy atom. The van der Waals surface area contributed by atoms with Gasteiger partial charge >= 0.3 is 0 Å². The topological polar surface area (TPSA) is 87.6 Å². The maximum Gasteiger partial charge on any atom is 0.235 e. The van der Waals surface area contributed by atoms with Gasteiger partial charge in [-0.05, 0) is 0 Å². The number of amides is 1. The lowest BCUT2D eigenvalue weighted by atomic mass is 10.3. The van der Waals surface area contributed by atoms with Gasteiger partial charge in [0.1, 0.15) is 0 Å². The summed E-state index contributed by atoms with van der Waals surface area (Å²) in [5.41, 5.74) is 5.06. The lowest BCUT2D eigenvalue weighted by Gasteiger charge is -2.05. The predicted octanol–water partition coefficient (Wildman–Crippen LogP) is -1.10. The highest BCUT2D eigenvalue weighted by Crippen LogP contribution is 2.33. The maximum absolute atomic E-state index is 11.2. The molecule has 1 saturated heterocycles. The van der Waals surface area contributed by atoms with Gasteiger partial charge in [-0.15, -0.1) is 0 Å². The van der Waals surface area contributed by atoms with E-state index in [-0.39, 0.29) is 28.7 Å². The number of carbonyl (C=O) groups excluding carboxylic acids is 1. The highest BCUT2D eigenvalue weighted by Gasteiger charge is 2.42. The number of rotatable bonds is 0. The number of amidine groups is 1. The number of fused-ring (bicyclic) bond motifs is 1. The summed E-state index contributed by atoms with van der Waals surface area (Å²) >= 11 is 1.37. The van der Waals surface area contributed by atoms with Crippen molar-refractivity contribution in [2.75, 3.05) is 11.5 Å². The van der Waals surface area contributed by atoms with Crippen LogP contribution in [0.1, 0.15) is 6.92 Å². The third kappa shape index (κ3) is 2.43. The molecule has 0 radical (unpaired) electrons. The third-order valence-electron chi connectivity index (χ3n) is 2.16. The summed E-state index contributed by atoms with van der Waals surface area (Å²) in [7, 11) is -2.90. The molecule has 0 saturated carbocycles. The highest BCUT2D eigenvalue weighted by atomic mass is 32.2. The van der Waals surface area contributed by atoms with Crippen LogP contribution in [0.15, 0.2) is 4.99 Å². The van der Waals surface area contributed by atoms with Crippen LogP contribution in [0.5, 0.6) is 0 Å². The standard InChI is InChI=1S/C7H11N3O3S2/c1-4(11)9-10-7-8-5-2-15(12,13)3-6(5)14-7/h5-6H,2-3H2,1H3,(H,8,10)(H,9,11)/t5-,6-/m0/s1. The molecule has 15 heavy (non-hydrogen) atoms. The second kappa shape index (κ2) is 3.67. The van der Waals surface area contributed by atoms with Crippen molar-refractivity contribution < 1.29 is 13.2 Å². The van der Waals surface area contributed by atoms with Gasteiger partial charge in [0.05, 0.1) is 17.5 Å². The van der Waals surface area contributed by atoms with Gasteiger partial charge in [-0.2, -0.15) is 0 Å². The lowest BCUT2D eigenvalue weighted by molar-refractivity contribution is -0.119. The van der Waals surface area contributed by atoms with Gasteiger partial charge in [0.2, 0.25) is 5.91 Å². The SMILES string of the molecule is CC(=O)NNC1=N[C@H]2CS(=O)(=O)C[C@@H]2S1. The molecular formula is C7H11N3O3S2. The lowest BCUT2D eigenvalue weighted by Crippen LogP contribution is -2.38. The smallest absolute Gasteiger partial charge is 0.235 e. The molecule has 0 aromatic carbocycles. The van der Waals surface area contributed by atoms with E-state index in [1.165, 1.54) is 18.7 Å². The van der Waals surface area contributed by atoms with Crippen LogP contribution in [0.4, 0.5) is 0 Å². The minimum Gasteiger partial charge on any atom is -0.277 e. The van der Waals surface area contributed by atoms with Gasteiger partial charge < -0.3 is 0 Å². The van der Waals surface area contributed by atoms with E-state index in [4.69, 9.17) is 0 Å². The molecule has 2 N–H and O–H groups in total. The number of sulfone groups is 1. The maximum atomic E-state index is 11.2. The molecule has 2 rings (SSSR count). The zero-order chi connectivity index (χ0) is 11.1. The van der Waals surface area contributed by atoms with E-state index < -0.39 is 9.84 Å². The van der Waals surface area contributed by atoms with E-state index in [0.29, 0.717) is 5.17 Å². The molecule has 0 unspecified atom stereocenters. The molecule has 84 valence electrons. The number of thioether (sulfide) groups is 1. The Hall–Kier alpha value is -0.760. The summed E-state index contributed by atoms with van der Waals surface area (Å²) in [4.78, 5) is 14.8. The minimum absolute atomic E-state index is 0.00579. The van der Waals surface area contributed by atoms with Gasteiger partial charge in [0.15, 0.2) is 15.0 Å². The second-order valence-corrected chi connectivity index (χ2v) is 6.92. The van der Waals surface area contributed by atoms with Gasteiger partial charge in [-0.1, -0.05) is 11.8 Å². The third-order valence-corrected chi connectivity index (χ3v) is 5.31. The molecule has 2 aliphatic rings. The average molecular weight is 249 g/mol. The van der Waals surface area contributed by atoms with E-state index in [9.17, 15) is 13.2 Å². The molecule has 8 heteroatoms. The van der Waals surface area contributed by atoms with Crippen LogP contribution < -0.4 is 10.9 Å². The van der Waals surface area contributed by atoms with Crippen molar-refractivity contribution in [3.05, 3.63) is 0 Å². The Morgan fingerprint density at radius 1 is 1.53 bits per heavy atom. The number of aliphatic imine (C=N–C) groups is 1. The van der Waals surface area contributed by atoms with Crippen molar-refractivity contribution in [2.45, 2.75) is 18.2 Å². The Kier molecular flexibility index (Phi) is 2.63. The molecule has 0 spiro atoms. The summed E-state index contributed by atoms with van der Waals surface area (Å²) in [5.74, 6) is 0.0930. The summed E-state index contributed by atoms with van der Waals surface area (Å²) in [6, 6.07) is -0.156. The Labute approximate surface area is 91.8 Å². The second-order valence-electron chi connectivity index (χ2n) is 3.54. The summed E-state index contributed by atoms with van der Waals surface area (Å²) in [6.45, 7) is 1.39. The number of nitrogens with one attached hydrogen (secondary N) is 2. The summed E-state index contributed by atoms with van der Waals surface area (Å²) in [6.07, 6.45) is 0. The van der Waals surface area contributed by atoms with E-state index in [2.05, 4.69) is 15.8 Å². The van der Waals surface area contributed by atoms with Crippen LogP contribution in [0.3, 0.4) is 0 Å². The molecule has 2 atom stereocenters. The molecule has 6 nitrogen and oxygen atoms in total. The summed E-state index contributed by atoms with van der Waals surface area (Å²) in [5, 5.41) is 0.598. The number of carbonyl (C=O) groups is 1. The van der Waals surface area contributed by atoms with Crippen LogP contribution in [0.25, 0.3) is 0 Å². The number of hydrogen-bond donors (Lipinski definition) is 2. The van der Waals surface area contributed by atoms with Crippen LogP contribution in [-0.2, 0) is 14.6 Å². The predicted molar refractivity (Wildman–Crippen MR) is 58.2 cm³/mol. The van der Waals surface area contributed by atoms with Gasteiger partial charge in [-0.25, -0.2) is 8.42 Å². The van der Waals surface area contributed by atoms with E-state index in [0.717, 1.165) is 0 Å². The van der Waals surface area contributed by atoms with Gasteiger partial charge in [-0.3, -0.25) is 20.6 Å².